The molecule has 1 N–H and O–H groups in total. The van der Waals surface area contributed by atoms with Gasteiger partial charge in [-0.05, 0) is 61.5 Å². The van der Waals surface area contributed by atoms with Gasteiger partial charge in [-0.25, -0.2) is 0 Å². The van der Waals surface area contributed by atoms with Crippen molar-refractivity contribution in [3.63, 3.8) is 0 Å². The van der Waals surface area contributed by atoms with E-state index in [4.69, 9.17) is 0 Å². The number of rotatable bonds is 3. The molecule has 0 radical (unpaired) electrons. The molecule has 0 aromatic carbocycles. The number of hydrogen-bond donors (Lipinski definition) is 1. The molecule has 2 aliphatic carbocycles. The fourth-order valence-electron chi connectivity index (χ4n) is 4.08. The first-order valence-corrected chi connectivity index (χ1v) is 7.40. The predicted octanol–water partition coefficient (Wildman–Crippen LogP) is 4.80. The number of nitrogens with one attached hydrogen (secondary N) is 1. The summed E-state index contributed by atoms with van der Waals surface area (Å²) in [6, 6.07) is 0.600. The van der Waals surface area contributed by atoms with Crippen molar-refractivity contribution in [3.05, 3.63) is 22.9 Å². The monoisotopic (exact) mass is 247 g/mol. The van der Waals surface area contributed by atoms with Gasteiger partial charge in [-0.15, -0.1) is 0 Å². The lowest BCUT2D eigenvalue weighted by Crippen LogP contribution is -2.62. The molecule has 0 aliphatic heterocycles. The van der Waals surface area contributed by atoms with E-state index in [-0.39, 0.29) is 0 Å². The third-order valence-electron chi connectivity index (χ3n) is 4.90. The number of hydrogen-bond acceptors (Lipinski definition) is 1. The lowest BCUT2D eigenvalue weighted by atomic mass is 9.52. The van der Waals surface area contributed by atoms with Gasteiger partial charge in [-0.2, -0.15) is 0 Å². The Morgan fingerprint density at radius 1 is 1.17 bits per heavy atom. The first-order chi connectivity index (χ1) is 8.28. The lowest BCUT2D eigenvalue weighted by Gasteiger charge is -2.58. The normalized spacial score (nSPS) is 26.3. The van der Waals surface area contributed by atoms with Crippen molar-refractivity contribution < 1.29 is 0 Å². The predicted molar refractivity (Wildman–Crippen MR) is 79.4 cm³/mol. The Balaban J connectivity index is 2.20. The van der Waals surface area contributed by atoms with E-state index in [0.717, 1.165) is 0 Å². The molecule has 0 heterocycles. The summed E-state index contributed by atoms with van der Waals surface area (Å²) >= 11 is 0. The molecule has 0 spiro atoms. The molecular weight excluding hydrogens is 218 g/mol. The van der Waals surface area contributed by atoms with Gasteiger partial charge in [0.25, 0.3) is 0 Å². The third-order valence-corrected chi connectivity index (χ3v) is 4.90. The highest BCUT2D eigenvalue weighted by Gasteiger charge is 2.53. The van der Waals surface area contributed by atoms with Gasteiger partial charge in [0.1, 0.15) is 0 Å². The van der Waals surface area contributed by atoms with Crippen molar-refractivity contribution in [2.45, 2.75) is 73.3 Å². The summed E-state index contributed by atoms with van der Waals surface area (Å²) in [4.78, 5) is 0. The summed E-state index contributed by atoms with van der Waals surface area (Å²) in [7, 11) is 0. The van der Waals surface area contributed by atoms with Gasteiger partial charge in [-0.1, -0.05) is 33.8 Å². The van der Waals surface area contributed by atoms with Crippen LogP contribution >= 0.6 is 0 Å². The zero-order valence-corrected chi connectivity index (χ0v) is 13.0. The van der Waals surface area contributed by atoms with Crippen LogP contribution in [-0.4, -0.2) is 6.04 Å². The summed E-state index contributed by atoms with van der Waals surface area (Å²) in [6.45, 7) is 14.0. The van der Waals surface area contributed by atoms with Crippen LogP contribution < -0.4 is 5.32 Å². The minimum atomic E-state index is 0.424. The Labute approximate surface area is 113 Å². The molecule has 2 saturated carbocycles. The first-order valence-electron chi connectivity index (χ1n) is 7.40. The molecule has 0 saturated heterocycles. The second-order valence-corrected chi connectivity index (χ2v) is 7.54. The minimum absolute atomic E-state index is 0.424. The maximum absolute atomic E-state index is 3.90. The van der Waals surface area contributed by atoms with E-state index < -0.39 is 0 Å². The SMILES string of the molecule is C/C=C(\C)C(NC1C(C)(C)CC1(C)C)=C1CCC1. The van der Waals surface area contributed by atoms with Crippen LogP contribution in [0.15, 0.2) is 22.9 Å². The van der Waals surface area contributed by atoms with E-state index in [1.54, 1.807) is 5.57 Å². The molecule has 0 aromatic heterocycles. The largest absolute Gasteiger partial charge is 0.381 e. The van der Waals surface area contributed by atoms with Crippen LogP contribution in [0.1, 0.15) is 67.2 Å². The zero-order chi connectivity index (χ0) is 13.6. The van der Waals surface area contributed by atoms with Crippen molar-refractivity contribution in [2.75, 3.05) is 0 Å². The second kappa shape index (κ2) is 4.43. The third kappa shape index (κ3) is 2.24. The maximum atomic E-state index is 3.90. The molecule has 0 amide bonds. The molecule has 102 valence electrons. The molecule has 0 bridgehead atoms. The van der Waals surface area contributed by atoms with Crippen LogP contribution in [0.25, 0.3) is 0 Å². The quantitative estimate of drug-likeness (QED) is 0.755. The molecule has 0 atom stereocenters. The smallest absolute Gasteiger partial charge is 0.0363 e. The van der Waals surface area contributed by atoms with Crippen LogP contribution in [0, 0.1) is 10.8 Å². The zero-order valence-electron chi connectivity index (χ0n) is 13.0. The van der Waals surface area contributed by atoms with Crippen molar-refractivity contribution in [1.29, 1.82) is 0 Å². The molecule has 2 rings (SSSR count). The van der Waals surface area contributed by atoms with Crippen LogP contribution in [0.2, 0.25) is 0 Å². The van der Waals surface area contributed by atoms with Gasteiger partial charge in [0.05, 0.1) is 0 Å². The highest BCUT2D eigenvalue weighted by Crippen LogP contribution is 2.54. The summed E-state index contributed by atoms with van der Waals surface area (Å²) in [5, 5.41) is 3.90. The van der Waals surface area contributed by atoms with Gasteiger partial charge in [-0.3, -0.25) is 0 Å². The average Bonchev–Trinajstić information content (AvgIpc) is 2.17. The molecule has 1 nitrogen and oxygen atoms in total. The topological polar surface area (TPSA) is 12.0 Å². The molecule has 18 heavy (non-hydrogen) atoms. The Hall–Kier alpha value is -0.720. The van der Waals surface area contributed by atoms with Crippen LogP contribution in [0.5, 0.6) is 0 Å². The fraction of sp³-hybridized carbons (Fsp3) is 0.765. The molecule has 0 unspecified atom stereocenters. The summed E-state index contributed by atoms with van der Waals surface area (Å²) in [5.74, 6) is 0. The number of allylic oxidation sites excluding steroid dienone is 3. The molecule has 1 heteroatoms. The van der Waals surface area contributed by atoms with Gasteiger partial charge < -0.3 is 5.32 Å². The Morgan fingerprint density at radius 3 is 2.06 bits per heavy atom. The van der Waals surface area contributed by atoms with Crippen molar-refractivity contribution >= 4 is 0 Å². The Morgan fingerprint density at radius 2 is 1.72 bits per heavy atom. The van der Waals surface area contributed by atoms with Crippen molar-refractivity contribution in [2.24, 2.45) is 10.8 Å². The Kier molecular flexibility index (Phi) is 3.38. The van der Waals surface area contributed by atoms with E-state index in [9.17, 15) is 0 Å². The minimum Gasteiger partial charge on any atom is -0.381 e. The second-order valence-electron chi connectivity index (χ2n) is 7.54. The van der Waals surface area contributed by atoms with Gasteiger partial charge in [0.2, 0.25) is 0 Å². The van der Waals surface area contributed by atoms with Crippen LogP contribution in [0.3, 0.4) is 0 Å². The summed E-state index contributed by atoms with van der Waals surface area (Å²) < 4.78 is 0. The van der Waals surface area contributed by atoms with E-state index in [2.05, 4.69) is 52.9 Å². The highest BCUT2D eigenvalue weighted by atomic mass is 15.0. The molecule has 0 aromatic rings. The Bertz CT molecular complexity index is 376. The molecule has 2 aliphatic rings. The van der Waals surface area contributed by atoms with Gasteiger partial charge >= 0.3 is 0 Å². The van der Waals surface area contributed by atoms with E-state index in [1.807, 2.05) is 0 Å². The van der Waals surface area contributed by atoms with Crippen molar-refractivity contribution in [1.82, 2.24) is 5.32 Å². The summed E-state index contributed by atoms with van der Waals surface area (Å²) in [6.07, 6.45) is 7.51. The molecule has 2 fully saturated rings. The van der Waals surface area contributed by atoms with Crippen LogP contribution in [-0.2, 0) is 0 Å². The highest BCUT2D eigenvalue weighted by molar-refractivity contribution is 5.36. The first kappa shape index (κ1) is 13.7. The van der Waals surface area contributed by atoms with Gasteiger partial charge in [0, 0.05) is 11.7 Å². The van der Waals surface area contributed by atoms with E-state index >= 15 is 0 Å². The van der Waals surface area contributed by atoms with E-state index in [1.165, 1.54) is 37.0 Å². The average molecular weight is 247 g/mol. The lowest BCUT2D eigenvalue weighted by molar-refractivity contribution is -0.0350. The fourth-order valence-corrected chi connectivity index (χ4v) is 4.08. The maximum Gasteiger partial charge on any atom is 0.0363 e. The standard InChI is InChI=1S/C17H29N/c1-7-12(2)14(13-9-8-10-13)18-15-16(3,4)11-17(15,5)6/h7,15,18H,8-11H2,1-6H3/b12-7+. The van der Waals surface area contributed by atoms with E-state index in [0.29, 0.717) is 16.9 Å². The summed E-state index contributed by atoms with van der Waals surface area (Å²) in [5.41, 5.74) is 5.36. The van der Waals surface area contributed by atoms with Crippen molar-refractivity contribution in [3.8, 4) is 0 Å². The van der Waals surface area contributed by atoms with Gasteiger partial charge in [0.15, 0.2) is 0 Å². The van der Waals surface area contributed by atoms with Crippen LogP contribution in [0.4, 0.5) is 0 Å². The molecular formula is C17H29N.